The predicted molar refractivity (Wildman–Crippen MR) is 43.1 cm³/mol. The molecule has 0 atom stereocenters. The van der Waals surface area contributed by atoms with Crippen molar-refractivity contribution >= 4 is 25.7 Å². The summed E-state index contributed by atoms with van der Waals surface area (Å²) in [5.74, 6) is -0.685. The number of esters is 1. The normalized spacial score (nSPS) is 11.2. The number of methoxy groups -OCH3 is 1. The minimum atomic E-state index is -3.93. The van der Waals surface area contributed by atoms with Gasteiger partial charge >= 0.3 is 5.97 Å². The SMILES string of the molecule is COC(=O)c1coc(S(=O)(=O)Cl)c1. The molecule has 5 nitrogen and oxygen atoms in total. The van der Waals surface area contributed by atoms with E-state index in [0.717, 1.165) is 12.3 Å². The minimum absolute atomic E-state index is 0.00160. The monoisotopic (exact) mass is 224 g/mol. The van der Waals surface area contributed by atoms with Crippen LogP contribution in [0.5, 0.6) is 0 Å². The Morgan fingerprint density at radius 1 is 1.62 bits per heavy atom. The van der Waals surface area contributed by atoms with Crippen LogP contribution in [-0.4, -0.2) is 21.5 Å². The average Bonchev–Trinajstić information content (AvgIpc) is 2.50. The van der Waals surface area contributed by atoms with E-state index >= 15 is 0 Å². The molecule has 0 aliphatic heterocycles. The molecule has 1 aromatic rings. The zero-order valence-electron chi connectivity index (χ0n) is 6.48. The van der Waals surface area contributed by atoms with Gasteiger partial charge in [-0.1, -0.05) is 0 Å². The van der Waals surface area contributed by atoms with E-state index in [4.69, 9.17) is 10.7 Å². The lowest BCUT2D eigenvalue weighted by Crippen LogP contribution is -1.98. The molecule has 0 saturated carbocycles. The molecular formula is C6H5ClO5S. The van der Waals surface area contributed by atoms with Gasteiger partial charge in [0.2, 0.25) is 5.09 Å². The van der Waals surface area contributed by atoms with Crippen LogP contribution in [0.25, 0.3) is 0 Å². The molecule has 72 valence electrons. The Morgan fingerprint density at radius 2 is 2.23 bits per heavy atom. The van der Waals surface area contributed by atoms with Gasteiger partial charge in [0, 0.05) is 16.7 Å². The van der Waals surface area contributed by atoms with Gasteiger partial charge in [-0.15, -0.1) is 0 Å². The predicted octanol–water partition coefficient (Wildman–Crippen LogP) is 0.994. The summed E-state index contributed by atoms with van der Waals surface area (Å²) < 4.78 is 30.2. The fourth-order valence-corrected chi connectivity index (χ4v) is 1.34. The largest absolute Gasteiger partial charge is 0.465 e. The molecule has 0 aliphatic carbocycles. The van der Waals surface area contributed by atoms with Gasteiger partial charge in [0.25, 0.3) is 9.05 Å². The molecule has 0 N–H and O–H groups in total. The van der Waals surface area contributed by atoms with Crippen molar-refractivity contribution in [3.8, 4) is 0 Å². The third-order valence-electron chi connectivity index (χ3n) is 1.24. The van der Waals surface area contributed by atoms with Crippen molar-refractivity contribution < 1.29 is 22.4 Å². The molecule has 13 heavy (non-hydrogen) atoms. The molecule has 0 fully saturated rings. The Balaban J connectivity index is 3.07. The lowest BCUT2D eigenvalue weighted by molar-refractivity contribution is 0.0600. The Labute approximate surface area is 78.7 Å². The van der Waals surface area contributed by atoms with Gasteiger partial charge in [0.1, 0.15) is 6.26 Å². The summed E-state index contributed by atoms with van der Waals surface area (Å²) in [5, 5.41) is -0.477. The van der Waals surface area contributed by atoms with Gasteiger partial charge in [-0.25, -0.2) is 13.2 Å². The zero-order chi connectivity index (χ0) is 10.1. The summed E-state index contributed by atoms with van der Waals surface area (Å²) in [4.78, 5) is 10.8. The van der Waals surface area contributed by atoms with Crippen molar-refractivity contribution in [1.82, 2.24) is 0 Å². The van der Waals surface area contributed by atoms with E-state index in [1.807, 2.05) is 0 Å². The fourth-order valence-electron chi connectivity index (χ4n) is 0.669. The van der Waals surface area contributed by atoms with E-state index < -0.39 is 20.1 Å². The number of carbonyl (C=O) groups is 1. The highest BCUT2D eigenvalue weighted by Gasteiger charge is 2.18. The van der Waals surface area contributed by atoms with Gasteiger partial charge < -0.3 is 9.15 Å². The number of furan rings is 1. The minimum Gasteiger partial charge on any atom is -0.465 e. The highest BCUT2D eigenvalue weighted by Crippen LogP contribution is 2.18. The Kier molecular flexibility index (Phi) is 2.63. The molecule has 0 saturated heterocycles. The first-order valence-corrected chi connectivity index (χ1v) is 5.37. The summed E-state index contributed by atoms with van der Waals surface area (Å²) in [6, 6.07) is 0.994. The van der Waals surface area contributed by atoms with Crippen LogP contribution in [0, 0.1) is 0 Å². The van der Waals surface area contributed by atoms with Crippen molar-refractivity contribution in [3.63, 3.8) is 0 Å². The lowest BCUT2D eigenvalue weighted by atomic mass is 10.3. The van der Waals surface area contributed by atoms with E-state index in [1.54, 1.807) is 0 Å². The van der Waals surface area contributed by atoms with E-state index in [9.17, 15) is 13.2 Å². The van der Waals surface area contributed by atoms with Crippen molar-refractivity contribution in [1.29, 1.82) is 0 Å². The molecule has 0 amide bonds. The molecule has 0 aromatic carbocycles. The second-order valence-corrected chi connectivity index (χ2v) is 4.58. The summed E-state index contributed by atoms with van der Waals surface area (Å²) in [6.45, 7) is 0. The van der Waals surface area contributed by atoms with Crippen molar-refractivity contribution in [2.24, 2.45) is 0 Å². The smallest absolute Gasteiger partial charge is 0.341 e. The van der Waals surface area contributed by atoms with Crippen molar-refractivity contribution in [2.45, 2.75) is 5.09 Å². The standard InChI is InChI=1S/C6H5ClO5S/c1-11-6(8)4-2-5(12-3-4)13(7,9)10/h2-3H,1H3. The van der Waals surface area contributed by atoms with Crippen LogP contribution in [0.4, 0.5) is 0 Å². The first-order valence-electron chi connectivity index (χ1n) is 3.06. The maximum atomic E-state index is 10.8. The second-order valence-electron chi connectivity index (χ2n) is 2.08. The average molecular weight is 225 g/mol. The van der Waals surface area contributed by atoms with E-state index in [1.165, 1.54) is 7.11 Å². The quantitative estimate of drug-likeness (QED) is 0.553. The second kappa shape index (κ2) is 3.39. The Hall–Kier alpha value is -1.01. The van der Waals surface area contributed by atoms with Crippen molar-refractivity contribution in [3.05, 3.63) is 17.9 Å². The molecule has 1 aromatic heterocycles. The van der Waals surface area contributed by atoms with Crippen LogP contribution < -0.4 is 0 Å². The lowest BCUT2D eigenvalue weighted by Gasteiger charge is -1.90. The molecule has 7 heteroatoms. The molecule has 0 spiro atoms. The molecule has 0 bridgehead atoms. The third-order valence-corrected chi connectivity index (χ3v) is 2.39. The maximum Gasteiger partial charge on any atom is 0.341 e. The Morgan fingerprint density at radius 3 is 2.62 bits per heavy atom. The number of ether oxygens (including phenoxy) is 1. The number of hydrogen-bond donors (Lipinski definition) is 0. The number of rotatable bonds is 2. The van der Waals surface area contributed by atoms with Crippen LogP contribution in [0.2, 0.25) is 0 Å². The van der Waals surface area contributed by atoms with Crippen LogP contribution in [0.3, 0.4) is 0 Å². The topological polar surface area (TPSA) is 73.6 Å². The Bertz CT molecular complexity index is 418. The zero-order valence-corrected chi connectivity index (χ0v) is 8.05. The number of hydrogen-bond acceptors (Lipinski definition) is 5. The molecule has 1 rings (SSSR count). The molecule has 1 heterocycles. The van der Waals surface area contributed by atoms with Crippen LogP contribution >= 0.6 is 10.7 Å². The highest BCUT2D eigenvalue weighted by atomic mass is 35.7. The van der Waals surface area contributed by atoms with E-state index in [-0.39, 0.29) is 5.56 Å². The van der Waals surface area contributed by atoms with Gasteiger partial charge in [-0.05, 0) is 0 Å². The summed E-state index contributed by atoms with van der Waals surface area (Å²) in [7, 11) is 2.19. The van der Waals surface area contributed by atoms with Gasteiger partial charge in [-0.3, -0.25) is 0 Å². The molecule has 0 unspecified atom stereocenters. The van der Waals surface area contributed by atoms with Crippen LogP contribution in [0.15, 0.2) is 21.8 Å². The molecular weight excluding hydrogens is 220 g/mol. The van der Waals surface area contributed by atoms with Crippen molar-refractivity contribution in [2.75, 3.05) is 7.11 Å². The third kappa shape index (κ3) is 2.22. The van der Waals surface area contributed by atoms with Crippen LogP contribution in [0.1, 0.15) is 10.4 Å². The summed E-state index contributed by atoms with van der Waals surface area (Å²) >= 11 is 0. The summed E-state index contributed by atoms with van der Waals surface area (Å²) in [6.07, 6.45) is 0.959. The van der Waals surface area contributed by atoms with Gasteiger partial charge in [0.05, 0.1) is 12.7 Å². The number of halogens is 1. The molecule has 0 aliphatic rings. The maximum absolute atomic E-state index is 10.8. The van der Waals surface area contributed by atoms with E-state index in [0.29, 0.717) is 0 Å². The van der Waals surface area contributed by atoms with Gasteiger partial charge in [0.15, 0.2) is 0 Å². The van der Waals surface area contributed by atoms with E-state index in [2.05, 4.69) is 9.15 Å². The highest BCUT2D eigenvalue weighted by molar-refractivity contribution is 8.13. The van der Waals surface area contributed by atoms with Gasteiger partial charge in [-0.2, -0.15) is 0 Å². The molecule has 0 radical (unpaired) electrons. The number of carbonyl (C=O) groups excluding carboxylic acids is 1. The summed E-state index contributed by atoms with van der Waals surface area (Å²) in [5.41, 5.74) is 0.00160. The van der Waals surface area contributed by atoms with Crippen LogP contribution in [-0.2, 0) is 13.8 Å². The first-order chi connectivity index (χ1) is 5.95. The fraction of sp³-hybridized carbons (Fsp3) is 0.167. The first kappa shape index (κ1) is 10.1.